The average molecular weight is 398 g/mol. The number of nitrogens with zero attached hydrogens (tertiary/aromatic N) is 4. The number of ether oxygens (including phenoxy) is 1. The van der Waals surface area contributed by atoms with Gasteiger partial charge in [0.2, 0.25) is 5.91 Å². The van der Waals surface area contributed by atoms with Gasteiger partial charge in [0.1, 0.15) is 17.6 Å². The van der Waals surface area contributed by atoms with Gasteiger partial charge >= 0.3 is 0 Å². The summed E-state index contributed by atoms with van der Waals surface area (Å²) in [7, 11) is 1.62. The van der Waals surface area contributed by atoms with Crippen molar-refractivity contribution in [3.63, 3.8) is 0 Å². The Balaban J connectivity index is 1.50. The van der Waals surface area contributed by atoms with E-state index in [0.29, 0.717) is 49.2 Å². The topological polar surface area (TPSA) is 81.5 Å². The van der Waals surface area contributed by atoms with Crippen LogP contribution in [0.5, 0.6) is 0 Å². The second kappa shape index (κ2) is 9.10. The molecule has 0 radical (unpaired) electrons. The van der Waals surface area contributed by atoms with Crippen molar-refractivity contribution in [3.8, 4) is 6.07 Å². The van der Waals surface area contributed by atoms with Gasteiger partial charge in [0.15, 0.2) is 0 Å². The molecule has 3 aliphatic rings. The minimum Gasteiger partial charge on any atom is -0.384 e. The Kier molecular flexibility index (Phi) is 6.31. The molecule has 3 aliphatic heterocycles. The van der Waals surface area contributed by atoms with Crippen LogP contribution in [-0.2, 0) is 9.53 Å². The van der Waals surface area contributed by atoms with E-state index >= 15 is 0 Å². The van der Waals surface area contributed by atoms with E-state index in [0.717, 1.165) is 25.5 Å². The molecule has 1 amide bonds. The number of carbonyl (C=O) groups excluding carboxylic acids is 1. The standard InChI is InChI=1S/C22H31N5O2/c1-29-10-8-22(28)24-13-20-17-11-16(19-6-2-3-9-27(19)20)14-26(15-17)21-7-4-5-18(12-23)25-21/h4-5,7,16-17,19-20H,2-3,6,8-11,13-15H2,1H3,(H,24,28)/t16-,17+,19+,20+/m1/s1. The molecular formula is C22H31N5O2. The third-order valence-corrected chi connectivity index (χ3v) is 6.84. The van der Waals surface area contributed by atoms with E-state index in [1.165, 1.54) is 25.7 Å². The Morgan fingerprint density at radius 3 is 3.03 bits per heavy atom. The van der Waals surface area contributed by atoms with Crippen LogP contribution in [-0.4, -0.2) is 67.8 Å². The lowest BCUT2D eigenvalue weighted by Gasteiger charge is -2.57. The van der Waals surface area contributed by atoms with Gasteiger partial charge in [0, 0.05) is 45.2 Å². The van der Waals surface area contributed by atoms with Gasteiger partial charge < -0.3 is 15.0 Å². The van der Waals surface area contributed by atoms with Gasteiger partial charge in [-0.15, -0.1) is 0 Å². The number of aromatic nitrogens is 1. The first-order valence-corrected chi connectivity index (χ1v) is 10.8. The van der Waals surface area contributed by atoms with Crippen LogP contribution in [0, 0.1) is 23.2 Å². The zero-order valence-corrected chi connectivity index (χ0v) is 17.2. The molecule has 1 N–H and O–H groups in total. The summed E-state index contributed by atoms with van der Waals surface area (Å²) in [5.41, 5.74) is 0.472. The van der Waals surface area contributed by atoms with E-state index in [-0.39, 0.29) is 5.91 Å². The van der Waals surface area contributed by atoms with Gasteiger partial charge in [-0.2, -0.15) is 5.26 Å². The first-order chi connectivity index (χ1) is 14.2. The summed E-state index contributed by atoms with van der Waals surface area (Å²) in [5.74, 6) is 2.10. The number of piperidine rings is 3. The van der Waals surface area contributed by atoms with Crippen LogP contribution in [0.25, 0.3) is 0 Å². The molecule has 0 spiro atoms. The Hall–Kier alpha value is -2.17. The van der Waals surface area contributed by atoms with Gasteiger partial charge in [-0.05, 0) is 49.8 Å². The van der Waals surface area contributed by atoms with Crippen molar-refractivity contribution in [2.75, 3.05) is 44.8 Å². The molecule has 0 unspecified atom stereocenters. The number of pyridine rings is 1. The third-order valence-electron chi connectivity index (χ3n) is 6.84. The molecular weight excluding hydrogens is 366 g/mol. The fourth-order valence-corrected chi connectivity index (χ4v) is 5.54. The van der Waals surface area contributed by atoms with Crippen LogP contribution in [0.1, 0.15) is 37.8 Å². The normalized spacial score (nSPS) is 29.0. The first kappa shape index (κ1) is 20.1. The van der Waals surface area contributed by atoms with Crippen LogP contribution in [0.15, 0.2) is 18.2 Å². The van der Waals surface area contributed by atoms with E-state index in [2.05, 4.69) is 26.2 Å². The molecule has 29 heavy (non-hydrogen) atoms. The number of hydrogen-bond acceptors (Lipinski definition) is 6. The van der Waals surface area contributed by atoms with Crippen molar-refractivity contribution in [2.45, 2.75) is 44.2 Å². The highest BCUT2D eigenvalue weighted by atomic mass is 16.5. The van der Waals surface area contributed by atoms with Gasteiger partial charge in [-0.1, -0.05) is 12.5 Å². The van der Waals surface area contributed by atoms with Crippen LogP contribution in [0.3, 0.4) is 0 Å². The van der Waals surface area contributed by atoms with Gasteiger partial charge in [0.05, 0.1) is 6.61 Å². The van der Waals surface area contributed by atoms with E-state index < -0.39 is 0 Å². The number of fused-ring (bicyclic) bond motifs is 4. The zero-order chi connectivity index (χ0) is 20.2. The number of methoxy groups -OCH3 is 1. The Morgan fingerprint density at radius 2 is 2.21 bits per heavy atom. The minimum absolute atomic E-state index is 0.0681. The van der Waals surface area contributed by atoms with Crippen molar-refractivity contribution < 1.29 is 9.53 Å². The largest absolute Gasteiger partial charge is 0.384 e. The molecule has 0 saturated carbocycles. The van der Waals surface area contributed by atoms with Crippen molar-refractivity contribution >= 4 is 11.7 Å². The molecule has 4 rings (SSSR count). The second-order valence-corrected chi connectivity index (χ2v) is 8.57. The molecule has 7 nitrogen and oxygen atoms in total. The molecule has 4 heterocycles. The zero-order valence-electron chi connectivity index (χ0n) is 17.2. The fraction of sp³-hybridized carbons (Fsp3) is 0.682. The van der Waals surface area contributed by atoms with Crippen LogP contribution < -0.4 is 10.2 Å². The van der Waals surface area contributed by atoms with Crippen molar-refractivity contribution in [3.05, 3.63) is 23.9 Å². The lowest BCUT2D eigenvalue weighted by Crippen LogP contribution is -2.65. The summed E-state index contributed by atoms with van der Waals surface area (Å²) in [6, 6.07) is 8.81. The van der Waals surface area contributed by atoms with Gasteiger partial charge in [-0.3, -0.25) is 9.69 Å². The van der Waals surface area contributed by atoms with Gasteiger partial charge in [-0.25, -0.2) is 4.98 Å². The lowest BCUT2D eigenvalue weighted by atomic mass is 9.72. The average Bonchev–Trinajstić information content (AvgIpc) is 2.77. The Bertz CT molecular complexity index is 764. The molecule has 0 aromatic carbocycles. The van der Waals surface area contributed by atoms with E-state index in [1.54, 1.807) is 13.2 Å². The van der Waals surface area contributed by atoms with E-state index in [4.69, 9.17) is 4.74 Å². The monoisotopic (exact) mass is 397 g/mol. The van der Waals surface area contributed by atoms with Crippen LogP contribution in [0.4, 0.5) is 5.82 Å². The van der Waals surface area contributed by atoms with E-state index in [1.807, 2.05) is 12.1 Å². The molecule has 3 fully saturated rings. The maximum Gasteiger partial charge on any atom is 0.222 e. The maximum atomic E-state index is 12.2. The van der Waals surface area contributed by atoms with Crippen molar-refractivity contribution in [1.29, 1.82) is 5.26 Å². The lowest BCUT2D eigenvalue weighted by molar-refractivity contribution is -0.122. The number of rotatable bonds is 6. The summed E-state index contributed by atoms with van der Waals surface area (Å²) in [4.78, 5) is 21.8. The maximum absolute atomic E-state index is 12.2. The summed E-state index contributed by atoms with van der Waals surface area (Å²) in [6.45, 7) is 4.24. The highest BCUT2D eigenvalue weighted by Gasteiger charge is 2.47. The third kappa shape index (κ3) is 4.39. The number of amides is 1. The predicted octanol–water partition coefficient (Wildman–Crippen LogP) is 1.79. The molecule has 1 aromatic heterocycles. The highest BCUT2D eigenvalue weighted by Crippen LogP contribution is 2.41. The predicted molar refractivity (Wildman–Crippen MR) is 110 cm³/mol. The SMILES string of the molecule is COCCC(=O)NC[C@H]1[C@H]2C[C@H](CN(c3cccc(C#N)n3)C2)[C@@H]2CCCCN21. The first-order valence-electron chi connectivity index (χ1n) is 10.8. The molecule has 7 heteroatoms. The number of anilines is 1. The highest BCUT2D eigenvalue weighted by molar-refractivity contribution is 5.76. The van der Waals surface area contributed by atoms with Crippen LogP contribution >= 0.6 is 0 Å². The van der Waals surface area contributed by atoms with Crippen LogP contribution in [0.2, 0.25) is 0 Å². The van der Waals surface area contributed by atoms with Gasteiger partial charge in [0.25, 0.3) is 0 Å². The van der Waals surface area contributed by atoms with E-state index in [9.17, 15) is 10.1 Å². The summed E-state index contributed by atoms with van der Waals surface area (Å²) in [6.07, 6.45) is 5.41. The van der Waals surface area contributed by atoms with Crippen molar-refractivity contribution in [1.82, 2.24) is 15.2 Å². The summed E-state index contributed by atoms with van der Waals surface area (Å²) >= 11 is 0. The number of carbonyl (C=O) groups is 1. The summed E-state index contributed by atoms with van der Waals surface area (Å²) < 4.78 is 5.03. The number of nitriles is 1. The fourth-order valence-electron chi connectivity index (χ4n) is 5.54. The molecule has 0 aliphatic carbocycles. The quantitative estimate of drug-likeness (QED) is 0.788. The number of nitrogens with one attached hydrogen (secondary N) is 1. The second-order valence-electron chi connectivity index (χ2n) is 8.57. The van der Waals surface area contributed by atoms with Crippen molar-refractivity contribution in [2.24, 2.45) is 11.8 Å². The number of hydrogen-bond donors (Lipinski definition) is 1. The smallest absolute Gasteiger partial charge is 0.222 e. The summed E-state index contributed by atoms with van der Waals surface area (Å²) in [5, 5.41) is 12.4. The molecule has 4 atom stereocenters. The minimum atomic E-state index is 0.0681. The molecule has 156 valence electrons. The molecule has 1 aromatic rings. The Morgan fingerprint density at radius 1 is 1.34 bits per heavy atom. The molecule has 3 saturated heterocycles. The molecule has 2 bridgehead atoms. The Labute approximate surface area is 173 Å².